The van der Waals surface area contributed by atoms with Crippen molar-refractivity contribution >= 4 is 15.7 Å². The molecule has 0 aliphatic heterocycles. The maximum Gasteiger partial charge on any atom is 0.224 e. The maximum atomic E-state index is 11.7. The molecule has 5 nitrogen and oxygen atoms in total. The molecular formula is C11H17NO4S. The van der Waals surface area contributed by atoms with E-state index in [1.54, 1.807) is 19.1 Å². The van der Waals surface area contributed by atoms with E-state index < -0.39 is 21.0 Å². The van der Waals surface area contributed by atoms with Crippen LogP contribution in [-0.4, -0.2) is 25.8 Å². The van der Waals surface area contributed by atoms with E-state index in [0.717, 1.165) is 6.26 Å². The minimum atomic E-state index is -3.20. The summed E-state index contributed by atoms with van der Waals surface area (Å²) in [5.41, 5.74) is 0. The molecule has 0 saturated heterocycles. The molecule has 0 aromatic carbocycles. The lowest BCUT2D eigenvalue weighted by atomic mass is 10.1. The third-order valence-corrected chi connectivity index (χ3v) is 4.57. The largest absolute Gasteiger partial charge is 0.467 e. The lowest BCUT2D eigenvalue weighted by Crippen LogP contribution is -2.37. The van der Waals surface area contributed by atoms with Crippen LogP contribution < -0.4 is 5.32 Å². The van der Waals surface area contributed by atoms with Crippen LogP contribution in [0.2, 0.25) is 0 Å². The first-order chi connectivity index (χ1) is 7.82. The van der Waals surface area contributed by atoms with Crippen LogP contribution in [0, 0.1) is 5.92 Å². The summed E-state index contributed by atoms with van der Waals surface area (Å²) in [6.07, 6.45) is 2.65. The molecule has 1 rings (SSSR count). The number of furan rings is 1. The van der Waals surface area contributed by atoms with E-state index in [-0.39, 0.29) is 12.5 Å². The molecule has 17 heavy (non-hydrogen) atoms. The molecule has 6 heteroatoms. The quantitative estimate of drug-likeness (QED) is 0.854. The standard InChI is InChI=1S/C11H17NO4S/c1-8(9(2)17(3,14)15)11(13)12-7-10-5-4-6-16-10/h4-6,8-9H,7H2,1-3H3,(H,12,13)/t8-,9+/m1/s1. The number of nitrogens with one attached hydrogen (secondary N) is 1. The van der Waals surface area contributed by atoms with Gasteiger partial charge in [-0.25, -0.2) is 8.42 Å². The van der Waals surface area contributed by atoms with Crippen molar-refractivity contribution in [3.63, 3.8) is 0 Å². The summed E-state index contributed by atoms with van der Waals surface area (Å²) >= 11 is 0. The number of rotatable bonds is 5. The molecule has 0 spiro atoms. The van der Waals surface area contributed by atoms with Crippen molar-refractivity contribution in [2.45, 2.75) is 25.6 Å². The molecule has 0 aliphatic carbocycles. The van der Waals surface area contributed by atoms with Crippen LogP contribution in [0.1, 0.15) is 19.6 Å². The molecule has 1 amide bonds. The molecule has 2 atom stereocenters. The summed E-state index contributed by atoms with van der Waals surface area (Å²) in [6.45, 7) is 3.41. The van der Waals surface area contributed by atoms with Gasteiger partial charge in [-0.15, -0.1) is 0 Å². The first kappa shape index (κ1) is 13.8. The summed E-state index contributed by atoms with van der Waals surface area (Å²) in [5, 5.41) is 1.95. The summed E-state index contributed by atoms with van der Waals surface area (Å²) in [7, 11) is -3.20. The van der Waals surface area contributed by atoms with Crippen LogP contribution >= 0.6 is 0 Å². The molecule has 0 unspecified atom stereocenters. The minimum absolute atomic E-state index is 0.270. The highest BCUT2D eigenvalue weighted by Gasteiger charge is 2.27. The Morgan fingerprint density at radius 2 is 2.12 bits per heavy atom. The first-order valence-electron chi connectivity index (χ1n) is 5.31. The first-order valence-corrected chi connectivity index (χ1v) is 7.26. The highest BCUT2D eigenvalue weighted by molar-refractivity contribution is 7.91. The second-order valence-electron chi connectivity index (χ2n) is 4.12. The molecule has 1 N–H and O–H groups in total. The van der Waals surface area contributed by atoms with Crippen molar-refractivity contribution < 1.29 is 17.6 Å². The third kappa shape index (κ3) is 3.89. The fourth-order valence-electron chi connectivity index (χ4n) is 1.33. The van der Waals surface area contributed by atoms with Crippen molar-refractivity contribution in [2.75, 3.05) is 6.26 Å². The SMILES string of the molecule is C[C@@H](C(=O)NCc1ccco1)[C@H](C)S(C)(=O)=O. The van der Waals surface area contributed by atoms with Crippen LogP contribution in [0.3, 0.4) is 0 Å². The van der Waals surface area contributed by atoms with Gasteiger partial charge in [-0.2, -0.15) is 0 Å². The van der Waals surface area contributed by atoms with Gasteiger partial charge in [0.2, 0.25) is 5.91 Å². The van der Waals surface area contributed by atoms with Gasteiger partial charge in [0.25, 0.3) is 0 Å². The monoisotopic (exact) mass is 259 g/mol. The van der Waals surface area contributed by atoms with E-state index in [4.69, 9.17) is 4.42 Å². The molecule has 0 aliphatic rings. The van der Waals surface area contributed by atoms with E-state index in [0.29, 0.717) is 5.76 Å². The topological polar surface area (TPSA) is 76.4 Å². The Kier molecular flexibility index (Phi) is 4.34. The van der Waals surface area contributed by atoms with Gasteiger partial charge in [0, 0.05) is 6.26 Å². The third-order valence-electron chi connectivity index (χ3n) is 2.81. The van der Waals surface area contributed by atoms with E-state index in [1.165, 1.54) is 13.2 Å². The summed E-state index contributed by atoms with van der Waals surface area (Å²) < 4.78 is 27.7. The van der Waals surface area contributed by atoms with E-state index in [2.05, 4.69) is 5.32 Å². The molecule has 0 radical (unpaired) electrons. The highest BCUT2D eigenvalue weighted by atomic mass is 32.2. The number of carbonyl (C=O) groups is 1. The van der Waals surface area contributed by atoms with E-state index in [1.807, 2.05) is 0 Å². The van der Waals surface area contributed by atoms with Gasteiger partial charge in [-0.05, 0) is 19.1 Å². The molecular weight excluding hydrogens is 242 g/mol. The van der Waals surface area contributed by atoms with Crippen molar-refractivity contribution in [2.24, 2.45) is 5.92 Å². The normalized spacial score (nSPS) is 15.2. The van der Waals surface area contributed by atoms with Crippen LogP contribution in [0.15, 0.2) is 22.8 Å². The van der Waals surface area contributed by atoms with Gasteiger partial charge in [0.15, 0.2) is 9.84 Å². The number of carbonyl (C=O) groups excluding carboxylic acids is 1. The average molecular weight is 259 g/mol. The summed E-state index contributed by atoms with van der Waals surface area (Å²) in [5.74, 6) is -0.239. The second kappa shape index (κ2) is 5.35. The zero-order valence-corrected chi connectivity index (χ0v) is 11.0. The summed E-state index contributed by atoms with van der Waals surface area (Å²) in [4.78, 5) is 11.7. The van der Waals surface area contributed by atoms with E-state index in [9.17, 15) is 13.2 Å². The fourth-order valence-corrected chi connectivity index (χ4v) is 2.20. The van der Waals surface area contributed by atoms with Crippen molar-refractivity contribution in [1.82, 2.24) is 5.32 Å². The minimum Gasteiger partial charge on any atom is -0.467 e. The van der Waals surface area contributed by atoms with Gasteiger partial charge >= 0.3 is 0 Å². The van der Waals surface area contributed by atoms with Gasteiger partial charge in [0.05, 0.1) is 24.0 Å². The molecule has 0 saturated carbocycles. The van der Waals surface area contributed by atoms with Crippen LogP contribution in [0.5, 0.6) is 0 Å². The van der Waals surface area contributed by atoms with Crippen LogP contribution in [-0.2, 0) is 21.2 Å². The van der Waals surface area contributed by atoms with Crippen molar-refractivity contribution in [3.05, 3.63) is 24.2 Å². The van der Waals surface area contributed by atoms with Gasteiger partial charge in [-0.1, -0.05) is 6.92 Å². The fraction of sp³-hybridized carbons (Fsp3) is 0.545. The van der Waals surface area contributed by atoms with Gasteiger partial charge < -0.3 is 9.73 Å². The number of sulfone groups is 1. The predicted octanol–water partition coefficient (Wildman–Crippen LogP) is 0.965. The number of amides is 1. The zero-order chi connectivity index (χ0) is 13.1. The Bertz CT molecular complexity index is 464. The Morgan fingerprint density at radius 3 is 2.59 bits per heavy atom. The van der Waals surface area contributed by atoms with Crippen molar-refractivity contribution in [3.8, 4) is 0 Å². The molecule has 0 bridgehead atoms. The molecule has 1 aromatic heterocycles. The van der Waals surface area contributed by atoms with E-state index >= 15 is 0 Å². The Morgan fingerprint density at radius 1 is 1.47 bits per heavy atom. The maximum absolute atomic E-state index is 11.7. The van der Waals surface area contributed by atoms with Gasteiger partial charge in [0.1, 0.15) is 5.76 Å². The molecule has 1 heterocycles. The Hall–Kier alpha value is -1.30. The molecule has 1 aromatic rings. The lowest BCUT2D eigenvalue weighted by Gasteiger charge is -2.17. The second-order valence-corrected chi connectivity index (χ2v) is 6.52. The number of hydrogen-bond donors (Lipinski definition) is 1. The Balaban J connectivity index is 2.53. The smallest absolute Gasteiger partial charge is 0.224 e. The van der Waals surface area contributed by atoms with Crippen molar-refractivity contribution in [1.29, 1.82) is 0 Å². The Labute approximate surface area is 101 Å². The average Bonchev–Trinajstić information content (AvgIpc) is 2.75. The van der Waals surface area contributed by atoms with Crippen LogP contribution in [0.4, 0.5) is 0 Å². The summed E-state index contributed by atoms with van der Waals surface area (Å²) in [6, 6.07) is 3.47. The van der Waals surface area contributed by atoms with Crippen LogP contribution in [0.25, 0.3) is 0 Å². The molecule has 96 valence electrons. The zero-order valence-electron chi connectivity index (χ0n) is 10.1. The highest BCUT2D eigenvalue weighted by Crippen LogP contribution is 2.11. The van der Waals surface area contributed by atoms with Gasteiger partial charge in [-0.3, -0.25) is 4.79 Å². The number of hydrogen-bond acceptors (Lipinski definition) is 4. The predicted molar refractivity (Wildman–Crippen MR) is 64.0 cm³/mol. The lowest BCUT2D eigenvalue weighted by molar-refractivity contribution is -0.124. The molecule has 0 fully saturated rings.